The first-order valence-corrected chi connectivity index (χ1v) is 11.2. The molecule has 0 spiro atoms. The van der Waals surface area contributed by atoms with Crippen LogP contribution in [0.15, 0.2) is 47.6 Å². The zero-order valence-electron chi connectivity index (χ0n) is 17.3. The molecule has 2 aromatic rings. The lowest BCUT2D eigenvalue weighted by Gasteiger charge is -2.34. The van der Waals surface area contributed by atoms with Crippen LogP contribution in [0.1, 0.15) is 32.3 Å². The number of pyridine rings is 1. The number of hydrogen-bond acceptors (Lipinski definition) is 5. The van der Waals surface area contributed by atoms with E-state index in [0.717, 1.165) is 0 Å². The maximum absolute atomic E-state index is 13.0. The number of sulfonamides is 1. The van der Waals surface area contributed by atoms with Gasteiger partial charge in [0, 0.05) is 31.5 Å². The summed E-state index contributed by atoms with van der Waals surface area (Å²) in [6.07, 6.45) is 3.92. The summed E-state index contributed by atoms with van der Waals surface area (Å²) in [5.74, 6) is -0.298. The molecule has 1 N–H and O–H groups in total. The molecule has 0 radical (unpaired) electrons. The van der Waals surface area contributed by atoms with Crippen molar-refractivity contribution in [3.8, 4) is 5.75 Å². The molecule has 0 bridgehead atoms. The van der Waals surface area contributed by atoms with Crippen LogP contribution in [0.4, 0.5) is 4.39 Å². The molecule has 0 unspecified atom stereocenters. The summed E-state index contributed by atoms with van der Waals surface area (Å²) in [7, 11) is -3.61. The van der Waals surface area contributed by atoms with Gasteiger partial charge in [0.15, 0.2) is 5.60 Å². The third kappa shape index (κ3) is 4.96. The van der Waals surface area contributed by atoms with Gasteiger partial charge in [-0.1, -0.05) is 0 Å². The molecule has 0 aliphatic carbocycles. The van der Waals surface area contributed by atoms with Gasteiger partial charge in [0.05, 0.1) is 0 Å². The van der Waals surface area contributed by atoms with E-state index in [4.69, 9.17) is 4.74 Å². The van der Waals surface area contributed by atoms with Gasteiger partial charge < -0.3 is 10.1 Å². The second-order valence-corrected chi connectivity index (χ2v) is 9.77. The minimum absolute atomic E-state index is 0.157. The molecule has 1 aliphatic heterocycles. The first-order valence-electron chi connectivity index (χ1n) is 9.76. The highest BCUT2D eigenvalue weighted by Crippen LogP contribution is 2.24. The van der Waals surface area contributed by atoms with Gasteiger partial charge in [-0.05, 0) is 69.5 Å². The summed E-state index contributed by atoms with van der Waals surface area (Å²) in [6.45, 7) is 5.62. The Hall–Kier alpha value is -2.52. The maximum atomic E-state index is 13.0. The molecule has 30 heavy (non-hydrogen) atoms. The van der Waals surface area contributed by atoms with E-state index in [2.05, 4.69) is 10.3 Å². The fourth-order valence-corrected chi connectivity index (χ4v) is 4.94. The van der Waals surface area contributed by atoms with Crippen molar-refractivity contribution in [2.75, 3.05) is 13.1 Å². The van der Waals surface area contributed by atoms with Crippen LogP contribution in [0.3, 0.4) is 0 Å². The van der Waals surface area contributed by atoms with Gasteiger partial charge in [-0.25, -0.2) is 12.8 Å². The average Bonchev–Trinajstić information content (AvgIpc) is 2.70. The van der Waals surface area contributed by atoms with E-state index in [9.17, 15) is 17.6 Å². The van der Waals surface area contributed by atoms with E-state index in [-0.39, 0.29) is 22.7 Å². The number of halogens is 1. The van der Waals surface area contributed by atoms with Crippen LogP contribution in [0.25, 0.3) is 0 Å². The monoisotopic (exact) mass is 435 g/mol. The van der Waals surface area contributed by atoms with Gasteiger partial charge in [0.25, 0.3) is 5.91 Å². The number of rotatable bonds is 6. The van der Waals surface area contributed by atoms with Crippen molar-refractivity contribution in [1.29, 1.82) is 0 Å². The standard InChI is InChI=1S/C21H26FN3O4S/c1-15-8-11-23-14-19(15)30(27,28)25-12-9-17(10-13-25)24-20(26)21(2,3)29-18-6-4-16(22)5-7-18/h4-8,11,14,17H,9-10,12-13H2,1-3H3,(H,24,26). The Balaban J connectivity index is 1.58. The summed E-state index contributed by atoms with van der Waals surface area (Å²) in [5.41, 5.74) is -0.506. The van der Waals surface area contributed by atoms with Gasteiger partial charge in [-0.15, -0.1) is 0 Å². The molecular weight excluding hydrogens is 409 g/mol. The van der Waals surface area contributed by atoms with Crippen LogP contribution in [-0.2, 0) is 14.8 Å². The zero-order chi connectivity index (χ0) is 21.9. The van der Waals surface area contributed by atoms with Crippen molar-refractivity contribution in [1.82, 2.24) is 14.6 Å². The van der Waals surface area contributed by atoms with Gasteiger partial charge in [-0.2, -0.15) is 4.31 Å². The summed E-state index contributed by atoms with van der Waals surface area (Å²) in [6, 6.07) is 6.98. The number of nitrogens with zero attached hydrogens (tertiary/aromatic N) is 2. The topological polar surface area (TPSA) is 88.6 Å². The molecule has 2 heterocycles. The summed E-state index contributed by atoms with van der Waals surface area (Å²) in [5, 5.41) is 2.94. The number of aryl methyl sites for hydroxylation is 1. The number of aromatic nitrogens is 1. The molecule has 7 nitrogen and oxygen atoms in total. The van der Waals surface area contributed by atoms with Crippen LogP contribution in [0.5, 0.6) is 5.75 Å². The molecular formula is C21H26FN3O4S. The lowest BCUT2D eigenvalue weighted by molar-refractivity contribution is -0.135. The first-order chi connectivity index (χ1) is 14.1. The summed E-state index contributed by atoms with van der Waals surface area (Å²) >= 11 is 0. The van der Waals surface area contributed by atoms with Gasteiger partial charge >= 0.3 is 0 Å². The molecule has 1 fully saturated rings. The van der Waals surface area contributed by atoms with Crippen LogP contribution < -0.4 is 10.1 Å². The van der Waals surface area contributed by atoms with Crippen molar-refractivity contribution in [2.45, 2.75) is 50.2 Å². The summed E-state index contributed by atoms with van der Waals surface area (Å²) in [4.78, 5) is 16.8. The molecule has 1 amide bonds. The number of benzene rings is 1. The second-order valence-electron chi connectivity index (χ2n) is 7.86. The molecule has 162 valence electrons. The third-order valence-corrected chi connectivity index (χ3v) is 7.16. The third-order valence-electron chi connectivity index (χ3n) is 5.13. The predicted molar refractivity (Wildman–Crippen MR) is 110 cm³/mol. The van der Waals surface area contributed by atoms with Crippen LogP contribution in [0, 0.1) is 12.7 Å². The first kappa shape index (κ1) is 22.2. The van der Waals surface area contributed by atoms with E-state index < -0.39 is 15.6 Å². The molecule has 1 saturated heterocycles. The molecule has 1 aliphatic rings. The number of nitrogens with one attached hydrogen (secondary N) is 1. The number of hydrogen-bond donors (Lipinski definition) is 1. The van der Waals surface area contributed by atoms with E-state index in [1.807, 2.05) is 0 Å². The second kappa shape index (κ2) is 8.69. The van der Waals surface area contributed by atoms with E-state index in [1.54, 1.807) is 33.0 Å². The van der Waals surface area contributed by atoms with Crippen molar-refractivity contribution < 1.29 is 22.3 Å². The SMILES string of the molecule is Cc1ccncc1S(=O)(=O)N1CCC(NC(=O)C(C)(C)Oc2ccc(F)cc2)CC1. The Labute approximate surface area is 176 Å². The minimum Gasteiger partial charge on any atom is -0.478 e. The lowest BCUT2D eigenvalue weighted by Crippen LogP contribution is -2.53. The molecule has 0 saturated carbocycles. The van der Waals surface area contributed by atoms with Crippen LogP contribution in [0.2, 0.25) is 0 Å². The van der Waals surface area contributed by atoms with Crippen molar-refractivity contribution in [3.05, 3.63) is 54.1 Å². The fourth-order valence-electron chi connectivity index (χ4n) is 3.30. The van der Waals surface area contributed by atoms with Crippen molar-refractivity contribution in [3.63, 3.8) is 0 Å². The number of carbonyl (C=O) groups is 1. The Bertz CT molecular complexity index is 1000. The Morgan fingerprint density at radius 2 is 1.83 bits per heavy atom. The molecule has 9 heteroatoms. The van der Waals surface area contributed by atoms with E-state index in [0.29, 0.717) is 37.2 Å². The highest BCUT2D eigenvalue weighted by Gasteiger charge is 2.35. The Morgan fingerprint density at radius 1 is 1.20 bits per heavy atom. The van der Waals surface area contributed by atoms with Crippen molar-refractivity contribution in [2.24, 2.45) is 0 Å². The quantitative estimate of drug-likeness (QED) is 0.754. The highest BCUT2D eigenvalue weighted by molar-refractivity contribution is 7.89. The molecule has 1 aromatic carbocycles. The average molecular weight is 436 g/mol. The Kier molecular flexibility index (Phi) is 6.42. The maximum Gasteiger partial charge on any atom is 0.263 e. The largest absolute Gasteiger partial charge is 0.478 e. The fraction of sp³-hybridized carbons (Fsp3) is 0.429. The number of piperidine rings is 1. The molecule has 0 atom stereocenters. The number of carbonyl (C=O) groups excluding carboxylic acids is 1. The number of amides is 1. The van der Waals surface area contributed by atoms with E-state index >= 15 is 0 Å². The number of ether oxygens (including phenoxy) is 1. The van der Waals surface area contributed by atoms with Gasteiger partial charge in [0.1, 0.15) is 16.5 Å². The van der Waals surface area contributed by atoms with Crippen LogP contribution in [-0.4, -0.2) is 48.3 Å². The minimum atomic E-state index is -3.61. The van der Waals surface area contributed by atoms with E-state index in [1.165, 1.54) is 34.8 Å². The zero-order valence-corrected chi connectivity index (χ0v) is 18.1. The van der Waals surface area contributed by atoms with Gasteiger partial charge in [0.2, 0.25) is 10.0 Å². The molecule has 1 aromatic heterocycles. The summed E-state index contributed by atoms with van der Waals surface area (Å²) < 4.78 is 45.9. The van der Waals surface area contributed by atoms with Crippen LogP contribution >= 0.6 is 0 Å². The normalized spacial score (nSPS) is 16.3. The van der Waals surface area contributed by atoms with Gasteiger partial charge in [-0.3, -0.25) is 9.78 Å². The Morgan fingerprint density at radius 3 is 2.43 bits per heavy atom. The predicted octanol–water partition coefficient (Wildman–Crippen LogP) is 2.66. The van der Waals surface area contributed by atoms with Crippen molar-refractivity contribution >= 4 is 15.9 Å². The highest BCUT2D eigenvalue weighted by atomic mass is 32.2. The smallest absolute Gasteiger partial charge is 0.263 e. The molecule has 3 rings (SSSR count). The lowest BCUT2D eigenvalue weighted by atomic mass is 10.0.